The Morgan fingerprint density at radius 1 is 1.18 bits per heavy atom. The molecule has 8 heteroatoms. The number of thioether (sulfide) groups is 1. The molecule has 6 atom stereocenters. The predicted octanol–water partition coefficient (Wildman–Crippen LogP) is 2.00. The van der Waals surface area contributed by atoms with Crippen LogP contribution in [-0.2, 0) is 19.1 Å². The van der Waals surface area contributed by atoms with E-state index in [9.17, 15) is 19.5 Å². The van der Waals surface area contributed by atoms with Crippen molar-refractivity contribution in [2.45, 2.75) is 42.9 Å². The summed E-state index contributed by atoms with van der Waals surface area (Å²) in [4.78, 5) is 44.3. The van der Waals surface area contributed by atoms with Crippen LogP contribution < -0.4 is 4.90 Å². The minimum Gasteiger partial charge on any atom is -0.461 e. The molecule has 174 valence electrons. The maximum absolute atomic E-state index is 14.3. The highest BCUT2D eigenvalue weighted by molar-refractivity contribution is 8.02. The van der Waals surface area contributed by atoms with Crippen molar-refractivity contribution in [1.29, 1.82) is 0 Å². The van der Waals surface area contributed by atoms with E-state index in [0.717, 1.165) is 16.8 Å². The number of carbonyl (C=O) groups is 3. The Hall–Kier alpha value is -2.58. The van der Waals surface area contributed by atoms with Crippen molar-refractivity contribution in [3.05, 3.63) is 53.6 Å². The van der Waals surface area contributed by atoms with Crippen LogP contribution in [0.4, 0.5) is 5.69 Å². The molecule has 2 amide bonds. The number of aliphatic hydroxyl groups is 1. The van der Waals surface area contributed by atoms with Crippen LogP contribution in [0.2, 0.25) is 0 Å². The van der Waals surface area contributed by atoms with Crippen LogP contribution >= 0.6 is 11.8 Å². The van der Waals surface area contributed by atoms with Gasteiger partial charge in [-0.3, -0.25) is 14.4 Å². The van der Waals surface area contributed by atoms with E-state index in [0.29, 0.717) is 6.54 Å². The molecule has 4 aliphatic heterocycles. The molecule has 1 aromatic rings. The number of ether oxygens (including phenoxy) is 1. The third-order valence-corrected chi connectivity index (χ3v) is 9.04. The second-order valence-electron chi connectivity index (χ2n) is 9.27. The number of esters is 1. The Balaban J connectivity index is 1.67. The van der Waals surface area contributed by atoms with Crippen molar-refractivity contribution in [2.24, 2.45) is 11.8 Å². The number of hydrogen-bond donors (Lipinski definition) is 1. The summed E-state index contributed by atoms with van der Waals surface area (Å²) >= 11 is 1.51. The molecule has 1 unspecified atom stereocenters. The molecule has 0 saturated carbocycles. The number of aryl methyl sites for hydroxylation is 2. The number of amides is 2. The van der Waals surface area contributed by atoms with Crippen LogP contribution in [0.5, 0.6) is 0 Å². The van der Waals surface area contributed by atoms with Crippen LogP contribution in [0.1, 0.15) is 18.1 Å². The predicted molar refractivity (Wildman–Crippen MR) is 126 cm³/mol. The number of hydrogen-bond acceptors (Lipinski definition) is 6. The minimum absolute atomic E-state index is 0.185. The molecule has 0 aliphatic carbocycles. The highest BCUT2D eigenvalue weighted by Gasteiger charge is 2.71. The number of fused-ring (bicyclic) bond motifs is 2. The van der Waals surface area contributed by atoms with Gasteiger partial charge in [0, 0.05) is 17.5 Å². The number of para-hydroxylation sites is 1. The first-order valence-electron chi connectivity index (χ1n) is 11.3. The van der Waals surface area contributed by atoms with Crippen LogP contribution in [0.25, 0.3) is 0 Å². The molecule has 1 aromatic carbocycles. The van der Waals surface area contributed by atoms with Gasteiger partial charge in [-0.2, -0.15) is 0 Å². The molecule has 2 fully saturated rings. The molecule has 7 nitrogen and oxygen atoms in total. The van der Waals surface area contributed by atoms with E-state index in [1.165, 1.54) is 16.7 Å². The lowest BCUT2D eigenvalue weighted by atomic mass is 9.78. The fraction of sp³-hybridized carbons (Fsp3) is 0.480. The van der Waals surface area contributed by atoms with Crippen LogP contribution in [0.3, 0.4) is 0 Å². The molecule has 5 rings (SSSR count). The first kappa shape index (κ1) is 22.2. The molecular weight excluding hydrogens is 440 g/mol. The highest BCUT2D eigenvalue weighted by Crippen LogP contribution is 2.61. The summed E-state index contributed by atoms with van der Waals surface area (Å²) in [7, 11) is 0. The zero-order valence-corrected chi connectivity index (χ0v) is 19.7. The van der Waals surface area contributed by atoms with Crippen molar-refractivity contribution >= 4 is 35.2 Å². The maximum Gasteiger partial charge on any atom is 0.311 e. The van der Waals surface area contributed by atoms with Crippen molar-refractivity contribution in [3.8, 4) is 0 Å². The van der Waals surface area contributed by atoms with Crippen molar-refractivity contribution in [2.75, 3.05) is 24.7 Å². The summed E-state index contributed by atoms with van der Waals surface area (Å²) < 4.78 is 4.47. The van der Waals surface area contributed by atoms with Gasteiger partial charge in [0.1, 0.15) is 12.6 Å². The number of rotatable bonds is 3. The van der Waals surface area contributed by atoms with Gasteiger partial charge < -0.3 is 19.6 Å². The van der Waals surface area contributed by atoms with Crippen molar-refractivity contribution in [3.63, 3.8) is 0 Å². The average molecular weight is 469 g/mol. The topological polar surface area (TPSA) is 87.2 Å². The fourth-order valence-electron chi connectivity index (χ4n) is 5.90. The van der Waals surface area contributed by atoms with Gasteiger partial charge in [-0.25, -0.2) is 0 Å². The number of carbonyl (C=O) groups excluding carboxylic acids is 3. The van der Waals surface area contributed by atoms with Gasteiger partial charge in [0.2, 0.25) is 5.91 Å². The van der Waals surface area contributed by atoms with E-state index in [2.05, 4.69) is 0 Å². The first-order chi connectivity index (χ1) is 15.8. The lowest BCUT2D eigenvalue weighted by Gasteiger charge is -2.38. The summed E-state index contributed by atoms with van der Waals surface area (Å²) in [6.45, 7) is 5.98. The Bertz CT molecular complexity index is 1060. The number of benzene rings is 1. The Morgan fingerprint density at radius 3 is 2.61 bits per heavy atom. The van der Waals surface area contributed by atoms with E-state index in [-0.39, 0.29) is 30.3 Å². The largest absolute Gasteiger partial charge is 0.461 e. The van der Waals surface area contributed by atoms with Gasteiger partial charge in [-0.05, 0) is 31.9 Å². The van der Waals surface area contributed by atoms with E-state index in [4.69, 9.17) is 4.74 Å². The summed E-state index contributed by atoms with van der Waals surface area (Å²) in [5.41, 5.74) is 2.80. The molecule has 0 bridgehead atoms. The molecule has 2 saturated heterocycles. The summed E-state index contributed by atoms with van der Waals surface area (Å²) in [6, 6.07) is 4.52. The summed E-state index contributed by atoms with van der Waals surface area (Å²) in [6.07, 6.45) is 7.66. The molecule has 0 radical (unpaired) electrons. The second-order valence-corrected chi connectivity index (χ2v) is 10.8. The van der Waals surface area contributed by atoms with Crippen LogP contribution in [-0.4, -0.2) is 69.6 Å². The maximum atomic E-state index is 14.3. The first-order valence-corrected chi connectivity index (χ1v) is 12.2. The Morgan fingerprint density at radius 2 is 1.91 bits per heavy atom. The van der Waals surface area contributed by atoms with E-state index in [1.54, 1.807) is 11.8 Å². The van der Waals surface area contributed by atoms with Gasteiger partial charge in [-0.15, -0.1) is 11.8 Å². The van der Waals surface area contributed by atoms with Crippen LogP contribution in [0.15, 0.2) is 42.5 Å². The normalized spacial score (nSPS) is 33.9. The van der Waals surface area contributed by atoms with E-state index in [1.807, 2.05) is 56.4 Å². The monoisotopic (exact) mass is 468 g/mol. The Labute approximate surface area is 197 Å². The number of cyclic esters (lactones) is 1. The van der Waals surface area contributed by atoms with Gasteiger partial charge in [-0.1, -0.05) is 42.5 Å². The van der Waals surface area contributed by atoms with Gasteiger partial charge in [0.15, 0.2) is 0 Å². The lowest BCUT2D eigenvalue weighted by Crippen LogP contribution is -2.56. The molecule has 1 spiro atoms. The SMILES string of the molecule is Cc1cccc(C)c1N1CC=C[C@]23S[C@@H]4C=CCOC(=O)[C@@H]4[C@H]2C(=O)N([C@H](C)CO)C3C1=O. The van der Waals surface area contributed by atoms with E-state index < -0.39 is 34.6 Å². The van der Waals surface area contributed by atoms with Gasteiger partial charge in [0.05, 0.1) is 29.2 Å². The Kier molecular flexibility index (Phi) is 5.40. The number of nitrogens with zero attached hydrogens (tertiary/aromatic N) is 2. The number of likely N-dealkylation sites (tertiary alicyclic amines) is 1. The van der Waals surface area contributed by atoms with Gasteiger partial charge >= 0.3 is 5.97 Å². The molecular formula is C25H28N2O5S. The fourth-order valence-corrected chi connectivity index (χ4v) is 7.89. The van der Waals surface area contributed by atoms with Crippen molar-refractivity contribution in [1.82, 2.24) is 4.90 Å². The van der Waals surface area contributed by atoms with Crippen molar-refractivity contribution < 1.29 is 24.2 Å². The molecule has 4 aliphatic rings. The quantitative estimate of drug-likeness (QED) is 0.539. The third-order valence-electron chi connectivity index (χ3n) is 7.30. The van der Waals surface area contributed by atoms with E-state index >= 15 is 0 Å². The molecule has 1 N–H and O–H groups in total. The summed E-state index contributed by atoms with van der Waals surface area (Å²) in [5.74, 6) is -2.24. The second kappa shape index (κ2) is 8.02. The van der Waals surface area contributed by atoms with Gasteiger partial charge in [0.25, 0.3) is 5.91 Å². The highest BCUT2D eigenvalue weighted by atomic mass is 32.2. The molecule has 33 heavy (non-hydrogen) atoms. The standard InChI is InChI=1S/C25H28N2O5S/c1-14-7-4-8-15(2)20(14)26-11-6-10-25-19(18-17(33-25)9-5-12-32-24(18)31)22(29)27(16(3)13-28)21(25)23(26)30/h4-10,16-19,21,28H,11-13H2,1-3H3/t16-,17-,18+,19+,21?,25+/m1/s1. The van der Waals surface area contributed by atoms with Crippen LogP contribution in [0, 0.1) is 25.7 Å². The molecule has 4 heterocycles. The number of anilines is 1. The molecule has 0 aromatic heterocycles. The minimum atomic E-state index is -0.904. The lowest BCUT2D eigenvalue weighted by molar-refractivity contribution is -0.152. The summed E-state index contributed by atoms with van der Waals surface area (Å²) in [5, 5.41) is 9.73. The zero-order valence-electron chi connectivity index (χ0n) is 18.9. The third kappa shape index (κ3) is 3.10. The number of aliphatic hydroxyl groups excluding tert-OH is 1. The smallest absolute Gasteiger partial charge is 0.311 e. The zero-order chi connectivity index (χ0) is 23.5. The average Bonchev–Trinajstić information content (AvgIpc) is 3.09.